The van der Waals surface area contributed by atoms with Crippen LogP contribution in [0, 0.1) is 0 Å². The highest BCUT2D eigenvalue weighted by atomic mass is 127. The molecule has 0 spiro atoms. The molecule has 0 aromatic carbocycles. The lowest BCUT2D eigenvalue weighted by molar-refractivity contribution is 0.145. The fourth-order valence-corrected chi connectivity index (χ4v) is 1.50. The van der Waals surface area contributed by atoms with Crippen molar-refractivity contribution in [1.82, 2.24) is 10.6 Å². The number of aliphatic imine (C=N–C) groups is 1. The van der Waals surface area contributed by atoms with E-state index >= 15 is 0 Å². The van der Waals surface area contributed by atoms with Gasteiger partial charge in [-0.1, -0.05) is 0 Å². The van der Waals surface area contributed by atoms with Gasteiger partial charge in [-0.3, -0.25) is 4.99 Å². The molecule has 1 aromatic rings. The average Bonchev–Trinajstić information content (AvgIpc) is 2.89. The Labute approximate surface area is 132 Å². The van der Waals surface area contributed by atoms with Crippen LogP contribution >= 0.6 is 24.0 Å². The highest BCUT2D eigenvalue weighted by molar-refractivity contribution is 14.0. The second-order valence-electron chi connectivity index (χ2n) is 3.81. The summed E-state index contributed by atoms with van der Waals surface area (Å²) in [5, 5.41) is 6.47. The van der Waals surface area contributed by atoms with E-state index in [4.69, 9.17) is 9.15 Å². The second-order valence-corrected chi connectivity index (χ2v) is 3.81. The molecule has 1 rings (SSSR count). The number of nitrogens with one attached hydrogen (secondary N) is 2. The Balaban J connectivity index is 0.00000324. The molecule has 19 heavy (non-hydrogen) atoms. The van der Waals surface area contributed by atoms with Gasteiger partial charge in [0.15, 0.2) is 5.96 Å². The van der Waals surface area contributed by atoms with Gasteiger partial charge in [0, 0.05) is 39.8 Å². The first-order chi connectivity index (χ1) is 8.86. The SMILES string of the molecule is CCOCCCNC(=NC)NCCc1ccco1.I. The van der Waals surface area contributed by atoms with Gasteiger partial charge in [0.2, 0.25) is 0 Å². The van der Waals surface area contributed by atoms with Crippen LogP contribution in [-0.4, -0.2) is 39.3 Å². The zero-order chi connectivity index (χ0) is 13.1. The standard InChI is InChI=1S/C13H23N3O2.HI/c1-3-17-10-5-8-15-13(14-2)16-9-7-12-6-4-11-18-12;/h4,6,11H,3,5,7-10H2,1-2H3,(H2,14,15,16);1H. The molecule has 0 unspecified atom stereocenters. The first-order valence-corrected chi connectivity index (χ1v) is 6.41. The molecule has 6 heteroatoms. The van der Waals surface area contributed by atoms with Crippen molar-refractivity contribution < 1.29 is 9.15 Å². The maximum absolute atomic E-state index is 5.27. The van der Waals surface area contributed by atoms with E-state index in [0.717, 1.165) is 50.9 Å². The molecule has 0 radical (unpaired) electrons. The minimum Gasteiger partial charge on any atom is -0.469 e. The number of hydrogen-bond acceptors (Lipinski definition) is 3. The van der Waals surface area contributed by atoms with Gasteiger partial charge in [0.05, 0.1) is 6.26 Å². The highest BCUT2D eigenvalue weighted by Gasteiger charge is 1.98. The molecule has 1 heterocycles. The third kappa shape index (κ3) is 8.88. The zero-order valence-corrected chi connectivity index (χ0v) is 14.0. The lowest BCUT2D eigenvalue weighted by Crippen LogP contribution is -2.38. The first-order valence-electron chi connectivity index (χ1n) is 6.41. The van der Waals surface area contributed by atoms with E-state index in [9.17, 15) is 0 Å². The normalized spacial score (nSPS) is 10.9. The molecule has 5 nitrogen and oxygen atoms in total. The van der Waals surface area contributed by atoms with E-state index < -0.39 is 0 Å². The van der Waals surface area contributed by atoms with E-state index in [1.54, 1.807) is 13.3 Å². The minimum absolute atomic E-state index is 0. The summed E-state index contributed by atoms with van der Waals surface area (Å²) in [5.41, 5.74) is 0. The van der Waals surface area contributed by atoms with Gasteiger partial charge >= 0.3 is 0 Å². The Morgan fingerprint density at radius 1 is 1.37 bits per heavy atom. The lowest BCUT2D eigenvalue weighted by atomic mass is 10.3. The topological polar surface area (TPSA) is 58.8 Å². The lowest BCUT2D eigenvalue weighted by Gasteiger charge is -2.11. The Kier molecular flexibility index (Phi) is 11.8. The van der Waals surface area contributed by atoms with Gasteiger partial charge in [-0.05, 0) is 25.5 Å². The Bertz CT molecular complexity index is 329. The number of nitrogens with zero attached hydrogens (tertiary/aromatic N) is 1. The quantitative estimate of drug-likeness (QED) is 0.313. The van der Waals surface area contributed by atoms with Gasteiger partial charge in [-0.15, -0.1) is 24.0 Å². The monoisotopic (exact) mass is 381 g/mol. The molecule has 1 aromatic heterocycles. The summed E-state index contributed by atoms with van der Waals surface area (Å²) in [5.74, 6) is 1.80. The molecule has 0 saturated carbocycles. The van der Waals surface area contributed by atoms with Crippen molar-refractivity contribution in [2.45, 2.75) is 19.8 Å². The molecule has 110 valence electrons. The van der Waals surface area contributed by atoms with Crippen molar-refractivity contribution in [2.24, 2.45) is 4.99 Å². The molecule has 0 amide bonds. The third-order valence-electron chi connectivity index (χ3n) is 2.43. The number of halogens is 1. The molecule has 0 saturated heterocycles. The van der Waals surface area contributed by atoms with E-state index in [0.29, 0.717) is 0 Å². The largest absolute Gasteiger partial charge is 0.469 e. The van der Waals surface area contributed by atoms with Gasteiger partial charge in [-0.25, -0.2) is 0 Å². The Morgan fingerprint density at radius 2 is 2.16 bits per heavy atom. The van der Waals surface area contributed by atoms with Gasteiger partial charge < -0.3 is 19.8 Å². The van der Waals surface area contributed by atoms with E-state index in [1.807, 2.05) is 19.1 Å². The minimum atomic E-state index is 0. The fraction of sp³-hybridized carbons (Fsp3) is 0.615. The fourth-order valence-electron chi connectivity index (χ4n) is 1.50. The van der Waals surface area contributed by atoms with E-state index in [-0.39, 0.29) is 24.0 Å². The zero-order valence-electron chi connectivity index (χ0n) is 11.6. The summed E-state index contributed by atoms with van der Waals surface area (Å²) in [7, 11) is 1.77. The Morgan fingerprint density at radius 3 is 2.79 bits per heavy atom. The van der Waals surface area contributed by atoms with Crippen molar-refractivity contribution >= 4 is 29.9 Å². The smallest absolute Gasteiger partial charge is 0.190 e. The molecule has 0 bridgehead atoms. The molecule has 0 aliphatic heterocycles. The van der Waals surface area contributed by atoms with Crippen LogP contribution in [0.1, 0.15) is 19.1 Å². The number of guanidine groups is 1. The van der Waals surface area contributed by atoms with Crippen molar-refractivity contribution in [1.29, 1.82) is 0 Å². The van der Waals surface area contributed by atoms with Crippen molar-refractivity contribution in [3.8, 4) is 0 Å². The van der Waals surface area contributed by atoms with Gasteiger partial charge in [0.1, 0.15) is 5.76 Å². The number of ether oxygens (including phenoxy) is 1. The molecule has 0 aliphatic rings. The first kappa shape index (κ1) is 18.2. The summed E-state index contributed by atoms with van der Waals surface area (Å²) >= 11 is 0. The summed E-state index contributed by atoms with van der Waals surface area (Å²) in [6, 6.07) is 3.87. The maximum atomic E-state index is 5.27. The van der Waals surface area contributed by atoms with Crippen LogP contribution < -0.4 is 10.6 Å². The van der Waals surface area contributed by atoms with E-state index in [1.165, 1.54) is 0 Å². The molecule has 0 aliphatic carbocycles. The number of hydrogen-bond donors (Lipinski definition) is 2. The summed E-state index contributed by atoms with van der Waals surface area (Å²) in [6.07, 6.45) is 3.52. The van der Waals surface area contributed by atoms with Crippen LogP contribution in [0.5, 0.6) is 0 Å². The highest BCUT2D eigenvalue weighted by Crippen LogP contribution is 1.99. The van der Waals surface area contributed by atoms with Crippen LogP contribution in [0.2, 0.25) is 0 Å². The van der Waals surface area contributed by atoms with Crippen LogP contribution in [0.3, 0.4) is 0 Å². The number of rotatable bonds is 8. The van der Waals surface area contributed by atoms with Gasteiger partial charge in [0.25, 0.3) is 0 Å². The molecular formula is C13H24IN3O2. The van der Waals surface area contributed by atoms with Crippen LogP contribution in [-0.2, 0) is 11.2 Å². The van der Waals surface area contributed by atoms with Crippen molar-refractivity contribution in [3.05, 3.63) is 24.2 Å². The molecule has 2 N–H and O–H groups in total. The van der Waals surface area contributed by atoms with Crippen molar-refractivity contribution in [3.63, 3.8) is 0 Å². The second kappa shape index (κ2) is 12.3. The maximum Gasteiger partial charge on any atom is 0.190 e. The summed E-state index contributed by atoms with van der Waals surface area (Å²) in [6.45, 7) is 5.23. The summed E-state index contributed by atoms with van der Waals surface area (Å²) in [4.78, 5) is 4.15. The van der Waals surface area contributed by atoms with Gasteiger partial charge in [-0.2, -0.15) is 0 Å². The molecular weight excluding hydrogens is 357 g/mol. The Hall–Kier alpha value is -0.760. The number of furan rings is 1. The predicted molar refractivity (Wildman–Crippen MR) is 88.3 cm³/mol. The van der Waals surface area contributed by atoms with E-state index in [2.05, 4.69) is 15.6 Å². The predicted octanol–water partition coefficient (Wildman–Crippen LogP) is 2.03. The molecule has 0 atom stereocenters. The van der Waals surface area contributed by atoms with Crippen LogP contribution in [0.25, 0.3) is 0 Å². The van der Waals surface area contributed by atoms with Crippen LogP contribution in [0.15, 0.2) is 27.8 Å². The molecule has 0 fully saturated rings. The average molecular weight is 381 g/mol. The summed E-state index contributed by atoms with van der Waals surface area (Å²) < 4.78 is 10.5. The van der Waals surface area contributed by atoms with Crippen LogP contribution in [0.4, 0.5) is 0 Å². The van der Waals surface area contributed by atoms with Crippen molar-refractivity contribution in [2.75, 3.05) is 33.4 Å². The third-order valence-corrected chi connectivity index (χ3v) is 2.43.